The van der Waals surface area contributed by atoms with Crippen LogP contribution in [0.25, 0.3) is 11.0 Å². The summed E-state index contributed by atoms with van der Waals surface area (Å²) in [6.07, 6.45) is 4.43. The molecule has 1 aromatic carbocycles. The summed E-state index contributed by atoms with van der Waals surface area (Å²) in [5.74, 6) is 1.80. The molecular weight excluding hydrogens is 370 g/mol. The van der Waals surface area contributed by atoms with Crippen LogP contribution < -0.4 is 10.1 Å². The van der Waals surface area contributed by atoms with E-state index in [4.69, 9.17) is 9.15 Å². The van der Waals surface area contributed by atoms with Crippen molar-refractivity contribution in [1.29, 1.82) is 0 Å². The standard InChI is InChI=1S/C22H29N3O4/c1-16(26)25-12-10-24(11-13-25)9-8-23-22(27)15-28-17-6-7-21-19(14-17)18-4-2-3-5-20(18)29-21/h6-7,14H,2-5,8-13,15H2,1H3,(H,23,27). The van der Waals surface area contributed by atoms with Crippen LogP contribution in [-0.2, 0) is 22.4 Å². The maximum absolute atomic E-state index is 12.1. The van der Waals surface area contributed by atoms with Gasteiger partial charge in [-0.15, -0.1) is 0 Å². The minimum absolute atomic E-state index is 0.00363. The van der Waals surface area contributed by atoms with Crippen molar-refractivity contribution in [1.82, 2.24) is 15.1 Å². The van der Waals surface area contributed by atoms with E-state index in [9.17, 15) is 9.59 Å². The Labute approximate surface area is 171 Å². The maximum Gasteiger partial charge on any atom is 0.257 e. The van der Waals surface area contributed by atoms with Gasteiger partial charge in [-0.25, -0.2) is 0 Å². The molecule has 29 heavy (non-hydrogen) atoms. The number of hydrogen-bond acceptors (Lipinski definition) is 5. The van der Waals surface area contributed by atoms with Crippen molar-refractivity contribution in [2.75, 3.05) is 45.9 Å². The third-order valence-corrected chi connectivity index (χ3v) is 5.86. The Morgan fingerprint density at radius 3 is 2.72 bits per heavy atom. The summed E-state index contributed by atoms with van der Waals surface area (Å²) in [5.41, 5.74) is 2.20. The number of amides is 2. The number of aryl methyl sites for hydroxylation is 2. The van der Waals surface area contributed by atoms with E-state index in [-0.39, 0.29) is 18.4 Å². The summed E-state index contributed by atoms with van der Waals surface area (Å²) in [6, 6.07) is 5.78. The van der Waals surface area contributed by atoms with Crippen LogP contribution in [0.1, 0.15) is 31.1 Å². The molecule has 156 valence electrons. The van der Waals surface area contributed by atoms with Gasteiger partial charge in [0.05, 0.1) is 0 Å². The zero-order valence-electron chi connectivity index (χ0n) is 17.0. The molecule has 1 fully saturated rings. The van der Waals surface area contributed by atoms with Gasteiger partial charge in [-0.3, -0.25) is 14.5 Å². The average Bonchev–Trinajstić information content (AvgIpc) is 3.10. The maximum atomic E-state index is 12.1. The number of piperazine rings is 1. The van der Waals surface area contributed by atoms with Crippen LogP contribution in [-0.4, -0.2) is 67.5 Å². The number of fused-ring (bicyclic) bond motifs is 3. The minimum Gasteiger partial charge on any atom is -0.484 e. The van der Waals surface area contributed by atoms with Gasteiger partial charge >= 0.3 is 0 Å². The summed E-state index contributed by atoms with van der Waals surface area (Å²) in [7, 11) is 0. The van der Waals surface area contributed by atoms with Crippen LogP contribution in [0.15, 0.2) is 22.6 Å². The summed E-state index contributed by atoms with van der Waals surface area (Å²) in [6.45, 7) is 6.18. The van der Waals surface area contributed by atoms with Gasteiger partial charge in [0.15, 0.2) is 6.61 Å². The molecule has 1 aliphatic carbocycles. The SMILES string of the molecule is CC(=O)N1CCN(CCNC(=O)COc2ccc3oc4c(c3c2)CCCC4)CC1. The second kappa shape index (κ2) is 8.86. The van der Waals surface area contributed by atoms with E-state index in [0.717, 1.165) is 62.3 Å². The first-order valence-electron chi connectivity index (χ1n) is 10.5. The van der Waals surface area contributed by atoms with Gasteiger partial charge in [0.25, 0.3) is 5.91 Å². The van der Waals surface area contributed by atoms with Crippen molar-refractivity contribution < 1.29 is 18.7 Å². The lowest BCUT2D eigenvalue weighted by Gasteiger charge is -2.34. The molecule has 4 rings (SSSR count). The number of nitrogens with zero attached hydrogens (tertiary/aromatic N) is 2. The smallest absolute Gasteiger partial charge is 0.257 e. The molecule has 7 heteroatoms. The Morgan fingerprint density at radius 2 is 1.93 bits per heavy atom. The van der Waals surface area contributed by atoms with E-state index >= 15 is 0 Å². The molecule has 0 spiro atoms. The van der Waals surface area contributed by atoms with Gasteiger partial charge in [-0.2, -0.15) is 0 Å². The molecule has 2 heterocycles. The molecule has 1 aromatic heterocycles. The molecule has 1 saturated heterocycles. The number of rotatable bonds is 6. The van der Waals surface area contributed by atoms with Crippen LogP contribution in [0.5, 0.6) is 5.75 Å². The first-order valence-corrected chi connectivity index (χ1v) is 10.5. The second-order valence-corrected chi connectivity index (χ2v) is 7.86. The van der Waals surface area contributed by atoms with Gasteiger partial charge in [0.1, 0.15) is 17.1 Å². The molecule has 0 saturated carbocycles. The first kappa shape index (κ1) is 19.8. The highest BCUT2D eigenvalue weighted by atomic mass is 16.5. The Hall–Kier alpha value is -2.54. The zero-order chi connectivity index (χ0) is 20.2. The van der Waals surface area contributed by atoms with Crippen molar-refractivity contribution in [2.45, 2.75) is 32.6 Å². The molecule has 0 radical (unpaired) electrons. The number of furan rings is 1. The topological polar surface area (TPSA) is 75.0 Å². The summed E-state index contributed by atoms with van der Waals surface area (Å²) >= 11 is 0. The van der Waals surface area contributed by atoms with Gasteiger partial charge in [0.2, 0.25) is 5.91 Å². The lowest BCUT2D eigenvalue weighted by atomic mass is 9.96. The fourth-order valence-electron chi connectivity index (χ4n) is 4.17. The second-order valence-electron chi connectivity index (χ2n) is 7.86. The van der Waals surface area contributed by atoms with Crippen molar-refractivity contribution in [3.8, 4) is 5.75 Å². The van der Waals surface area contributed by atoms with Crippen molar-refractivity contribution in [2.24, 2.45) is 0 Å². The van der Waals surface area contributed by atoms with Crippen LogP contribution >= 0.6 is 0 Å². The van der Waals surface area contributed by atoms with E-state index in [2.05, 4.69) is 10.2 Å². The highest BCUT2D eigenvalue weighted by Gasteiger charge is 2.19. The van der Waals surface area contributed by atoms with Gasteiger partial charge < -0.3 is 19.4 Å². The highest BCUT2D eigenvalue weighted by Crippen LogP contribution is 2.33. The number of benzene rings is 1. The lowest BCUT2D eigenvalue weighted by molar-refractivity contribution is -0.130. The van der Waals surface area contributed by atoms with E-state index < -0.39 is 0 Å². The number of ether oxygens (including phenoxy) is 1. The normalized spacial score (nSPS) is 17.2. The Morgan fingerprint density at radius 1 is 1.14 bits per heavy atom. The van der Waals surface area contributed by atoms with E-state index in [1.165, 1.54) is 18.4 Å². The molecule has 0 bridgehead atoms. The monoisotopic (exact) mass is 399 g/mol. The minimum atomic E-state index is -0.123. The first-order chi connectivity index (χ1) is 14.1. The molecule has 1 N–H and O–H groups in total. The number of carbonyl (C=O) groups excluding carboxylic acids is 2. The van der Waals surface area contributed by atoms with Crippen LogP contribution in [0, 0.1) is 0 Å². The van der Waals surface area contributed by atoms with Crippen molar-refractivity contribution >= 4 is 22.8 Å². The molecule has 0 atom stereocenters. The lowest BCUT2D eigenvalue weighted by Crippen LogP contribution is -2.49. The van der Waals surface area contributed by atoms with E-state index in [1.54, 1.807) is 6.92 Å². The Kier molecular flexibility index (Phi) is 6.04. The van der Waals surface area contributed by atoms with Crippen molar-refractivity contribution in [3.63, 3.8) is 0 Å². The van der Waals surface area contributed by atoms with Gasteiger partial charge in [0, 0.05) is 63.6 Å². The van der Waals surface area contributed by atoms with Crippen LogP contribution in [0.2, 0.25) is 0 Å². The number of hydrogen-bond donors (Lipinski definition) is 1. The van der Waals surface area contributed by atoms with Crippen LogP contribution in [0.4, 0.5) is 0 Å². The molecule has 2 aliphatic rings. The largest absolute Gasteiger partial charge is 0.484 e. The quantitative estimate of drug-likeness (QED) is 0.804. The third-order valence-electron chi connectivity index (χ3n) is 5.86. The molecular formula is C22H29N3O4. The average molecular weight is 399 g/mol. The third kappa shape index (κ3) is 4.72. The molecule has 2 aromatic rings. The summed E-state index contributed by atoms with van der Waals surface area (Å²) in [4.78, 5) is 27.6. The van der Waals surface area contributed by atoms with Gasteiger partial charge in [-0.1, -0.05) is 0 Å². The van der Waals surface area contributed by atoms with Gasteiger partial charge in [-0.05, 0) is 37.5 Å². The fraction of sp³-hybridized carbons (Fsp3) is 0.545. The Balaban J connectivity index is 1.21. The highest BCUT2D eigenvalue weighted by molar-refractivity contribution is 5.84. The predicted molar refractivity (Wildman–Crippen MR) is 110 cm³/mol. The molecule has 0 unspecified atom stereocenters. The zero-order valence-corrected chi connectivity index (χ0v) is 17.0. The molecule has 2 amide bonds. The van der Waals surface area contributed by atoms with Crippen LogP contribution in [0.3, 0.4) is 0 Å². The molecule has 1 aliphatic heterocycles. The van der Waals surface area contributed by atoms with Crippen molar-refractivity contribution in [3.05, 3.63) is 29.5 Å². The summed E-state index contributed by atoms with van der Waals surface area (Å²) in [5, 5.41) is 4.02. The summed E-state index contributed by atoms with van der Waals surface area (Å²) < 4.78 is 11.6. The number of nitrogens with one attached hydrogen (secondary N) is 1. The molecule has 7 nitrogen and oxygen atoms in total. The fourth-order valence-corrected chi connectivity index (χ4v) is 4.17. The van der Waals surface area contributed by atoms with E-state index in [1.807, 2.05) is 23.1 Å². The number of carbonyl (C=O) groups is 2. The Bertz CT molecular complexity index is 884. The van der Waals surface area contributed by atoms with E-state index in [0.29, 0.717) is 12.3 Å². The predicted octanol–water partition coefficient (Wildman–Crippen LogP) is 1.97.